The second kappa shape index (κ2) is 9.15. The Morgan fingerprint density at radius 3 is 2.45 bits per heavy atom. The third kappa shape index (κ3) is 4.77. The number of anilines is 1. The first-order valence-corrected chi connectivity index (χ1v) is 10.5. The molecular weight excluding hydrogens is 457 g/mol. The molecule has 0 N–H and O–H groups in total. The molecule has 3 aromatic rings. The molecule has 4 rings (SSSR count). The molecule has 0 aromatic heterocycles. The minimum atomic E-state index is -0.506. The molecule has 4 nitrogen and oxygen atoms in total. The first kappa shape index (κ1) is 21.4. The Morgan fingerprint density at radius 1 is 0.935 bits per heavy atom. The van der Waals surface area contributed by atoms with E-state index in [0.29, 0.717) is 37.5 Å². The van der Waals surface area contributed by atoms with Crippen LogP contribution < -0.4 is 4.90 Å². The summed E-state index contributed by atoms with van der Waals surface area (Å²) in [5.74, 6) is -0.825. The minimum Gasteiger partial charge on any atom is -0.459 e. The van der Waals surface area contributed by atoms with Crippen molar-refractivity contribution in [3.63, 3.8) is 0 Å². The Labute approximate surface area is 194 Å². The van der Waals surface area contributed by atoms with Crippen LogP contribution in [-0.4, -0.2) is 18.4 Å². The number of halogens is 3. The number of carbonyl (C=O) groups is 2. The Balaban J connectivity index is 1.59. The lowest BCUT2D eigenvalue weighted by Crippen LogP contribution is -2.33. The van der Waals surface area contributed by atoms with Crippen molar-refractivity contribution in [2.75, 3.05) is 11.4 Å². The van der Waals surface area contributed by atoms with E-state index in [2.05, 4.69) is 0 Å². The molecule has 0 bridgehead atoms. The molecule has 0 unspecified atom stereocenters. The van der Waals surface area contributed by atoms with E-state index in [1.807, 2.05) is 30.3 Å². The minimum absolute atomic E-state index is 0.140. The maximum Gasteiger partial charge on any atom is 0.326 e. The average Bonchev–Trinajstić information content (AvgIpc) is 3.00. The topological polar surface area (TPSA) is 46.6 Å². The van der Waals surface area contributed by atoms with Gasteiger partial charge < -0.3 is 4.74 Å². The molecule has 31 heavy (non-hydrogen) atoms. The number of ether oxygens (including phenoxy) is 1. The summed E-state index contributed by atoms with van der Waals surface area (Å²) in [6, 6.07) is 19.5. The van der Waals surface area contributed by atoms with Gasteiger partial charge in [-0.15, -0.1) is 0 Å². The van der Waals surface area contributed by atoms with Crippen LogP contribution in [0.1, 0.15) is 16.7 Å². The van der Waals surface area contributed by atoms with Crippen molar-refractivity contribution in [2.24, 2.45) is 0 Å². The number of esters is 1. The normalized spacial score (nSPS) is 14.1. The zero-order chi connectivity index (χ0) is 22.0. The van der Waals surface area contributed by atoms with Crippen LogP contribution in [0.3, 0.4) is 0 Å². The van der Waals surface area contributed by atoms with Crippen molar-refractivity contribution in [1.29, 1.82) is 0 Å². The number of fused-ring (bicyclic) bond motifs is 1. The second-order valence-electron chi connectivity index (χ2n) is 6.93. The van der Waals surface area contributed by atoms with Gasteiger partial charge in [-0.2, -0.15) is 0 Å². The molecule has 0 saturated heterocycles. The highest BCUT2D eigenvalue weighted by Gasteiger charge is 2.34. The van der Waals surface area contributed by atoms with E-state index in [1.165, 1.54) is 4.90 Å². The molecule has 0 atom stereocenters. The van der Waals surface area contributed by atoms with Crippen molar-refractivity contribution in [1.82, 2.24) is 0 Å². The fraction of sp³-hybridized carbons (Fsp3) is 0.0833. The molecule has 156 valence electrons. The highest BCUT2D eigenvalue weighted by Crippen LogP contribution is 2.39. The SMILES string of the molecule is O=C(CN1C(=O)/C(=C\c2ccc(Cl)c(Cl)c2)c2cc(Cl)ccc21)OCc1ccccc1. The van der Waals surface area contributed by atoms with Crippen LogP contribution >= 0.6 is 34.8 Å². The summed E-state index contributed by atoms with van der Waals surface area (Å²) in [5.41, 5.74) is 3.22. The van der Waals surface area contributed by atoms with Crippen molar-refractivity contribution < 1.29 is 14.3 Å². The number of hydrogen-bond donors (Lipinski definition) is 0. The largest absolute Gasteiger partial charge is 0.459 e. The van der Waals surface area contributed by atoms with E-state index >= 15 is 0 Å². The smallest absolute Gasteiger partial charge is 0.326 e. The van der Waals surface area contributed by atoms with Crippen molar-refractivity contribution in [2.45, 2.75) is 6.61 Å². The fourth-order valence-corrected chi connectivity index (χ4v) is 3.79. The molecule has 0 aliphatic carbocycles. The molecule has 1 amide bonds. The van der Waals surface area contributed by atoms with E-state index in [0.717, 1.165) is 5.56 Å². The Morgan fingerprint density at radius 2 is 1.71 bits per heavy atom. The second-order valence-corrected chi connectivity index (χ2v) is 8.18. The van der Waals surface area contributed by atoms with Gasteiger partial charge in [-0.1, -0.05) is 71.2 Å². The standard InChI is InChI=1S/C24H16Cl3NO3/c25-17-7-9-22-18(12-17)19(10-16-6-8-20(26)21(27)11-16)24(30)28(22)13-23(29)31-14-15-4-2-1-3-5-15/h1-12H,13-14H2/b19-10-. The lowest BCUT2D eigenvalue weighted by molar-refractivity contribution is -0.143. The monoisotopic (exact) mass is 471 g/mol. The van der Waals surface area contributed by atoms with Gasteiger partial charge in [0.25, 0.3) is 5.91 Å². The van der Waals surface area contributed by atoms with Crippen LogP contribution in [0.15, 0.2) is 66.7 Å². The maximum atomic E-state index is 13.2. The molecule has 0 radical (unpaired) electrons. The van der Waals surface area contributed by atoms with Gasteiger partial charge in [0.15, 0.2) is 0 Å². The summed E-state index contributed by atoms with van der Waals surface area (Å²) in [6.07, 6.45) is 1.70. The van der Waals surface area contributed by atoms with Crippen molar-refractivity contribution in [3.05, 3.63) is 98.5 Å². The summed E-state index contributed by atoms with van der Waals surface area (Å²) in [6.45, 7) is -0.0693. The fourth-order valence-electron chi connectivity index (χ4n) is 3.31. The third-order valence-electron chi connectivity index (χ3n) is 4.80. The van der Waals surface area contributed by atoms with Gasteiger partial charge in [0, 0.05) is 16.2 Å². The van der Waals surface area contributed by atoms with Gasteiger partial charge in [0.2, 0.25) is 0 Å². The van der Waals surface area contributed by atoms with E-state index in [4.69, 9.17) is 39.5 Å². The molecule has 7 heteroatoms. The maximum absolute atomic E-state index is 13.2. The van der Waals surface area contributed by atoms with Crippen LogP contribution in [0.5, 0.6) is 0 Å². The zero-order valence-corrected chi connectivity index (χ0v) is 18.4. The van der Waals surface area contributed by atoms with Crippen LogP contribution in [0, 0.1) is 0 Å². The van der Waals surface area contributed by atoms with Gasteiger partial charge in [0.05, 0.1) is 15.7 Å². The quantitative estimate of drug-likeness (QED) is 0.324. The Hall–Kier alpha value is -2.79. The van der Waals surface area contributed by atoms with Gasteiger partial charge in [-0.3, -0.25) is 14.5 Å². The highest BCUT2D eigenvalue weighted by molar-refractivity contribution is 6.42. The van der Waals surface area contributed by atoms with Crippen LogP contribution in [0.2, 0.25) is 15.1 Å². The van der Waals surface area contributed by atoms with Gasteiger partial charge in [0.1, 0.15) is 13.2 Å². The molecule has 0 saturated carbocycles. The number of benzene rings is 3. The van der Waals surface area contributed by atoms with Gasteiger partial charge in [-0.05, 0) is 47.5 Å². The number of rotatable bonds is 5. The lowest BCUT2D eigenvalue weighted by atomic mass is 10.0. The molecular formula is C24H16Cl3NO3. The van der Waals surface area contributed by atoms with Gasteiger partial charge >= 0.3 is 5.97 Å². The van der Waals surface area contributed by atoms with Gasteiger partial charge in [-0.25, -0.2) is 0 Å². The Kier molecular flexibility index (Phi) is 6.33. The predicted octanol–water partition coefficient (Wildman–Crippen LogP) is 6.28. The first-order chi connectivity index (χ1) is 14.9. The zero-order valence-electron chi connectivity index (χ0n) is 16.1. The molecule has 0 fully saturated rings. The summed E-state index contributed by atoms with van der Waals surface area (Å²) in [7, 11) is 0. The Bertz CT molecular complexity index is 1190. The molecule has 0 spiro atoms. The van der Waals surface area contributed by atoms with E-state index in [9.17, 15) is 9.59 Å². The number of amides is 1. The number of nitrogens with zero attached hydrogens (tertiary/aromatic N) is 1. The van der Waals surface area contributed by atoms with Crippen LogP contribution in [0.25, 0.3) is 11.6 Å². The number of hydrogen-bond acceptors (Lipinski definition) is 3. The first-order valence-electron chi connectivity index (χ1n) is 9.40. The summed E-state index contributed by atoms with van der Waals surface area (Å²) >= 11 is 18.3. The molecule has 1 aliphatic rings. The van der Waals surface area contributed by atoms with Crippen molar-refractivity contribution in [3.8, 4) is 0 Å². The van der Waals surface area contributed by atoms with E-state index in [-0.39, 0.29) is 19.1 Å². The highest BCUT2D eigenvalue weighted by atomic mass is 35.5. The third-order valence-corrected chi connectivity index (χ3v) is 5.77. The molecule has 1 heterocycles. The van der Waals surface area contributed by atoms with E-state index < -0.39 is 5.97 Å². The molecule has 1 aliphatic heterocycles. The van der Waals surface area contributed by atoms with Crippen molar-refractivity contribution >= 4 is 64.0 Å². The van der Waals surface area contributed by atoms with Crippen LogP contribution in [0.4, 0.5) is 5.69 Å². The molecule has 3 aromatic carbocycles. The van der Waals surface area contributed by atoms with E-state index in [1.54, 1.807) is 42.5 Å². The lowest BCUT2D eigenvalue weighted by Gasteiger charge is -2.16. The summed E-state index contributed by atoms with van der Waals surface area (Å²) in [4.78, 5) is 27.0. The average molecular weight is 473 g/mol. The summed E-state index contributed by atoms with van der Waals surface area (Å²) < 4.78 is 5.35. The summed E-state index contributed by atoms with van der Waals surface area (Å²) in [5, 5.41) is 1.29. The predicted molar refractivity (Wildman–Crippen MR) is 124 cm³/mol. The van der Waals surface area contributed by atoms with Crippen LogP contribution in [-0.2, 0) is 20.9 Å². The number of carbonyl (C=O) groups excluding carboxylic acids is 2.